The van der Waals surface area contributed by atoms with Crippen LogP contribution in [0.4, 0.5) is 0 Å². The molecule has 0 radical (unpaired) electrons. The van der Waals surface area contributed by atoms with E-state index in [1.807, 2.05) is 38.1 Å². The second kappa shape index (κ2) is 8.33. The molecule has 8 nitrogen and oxygen atoms in total. The molecular weight excluding hydrogens is 406 g/mol. The third kappa shape index (κ3) is 4.49. The van der Waals surface area contributed by atoms with Gasteiger partial charge >= 0.3 is 0 Å². The number of hydrogen-bond acceptors (Lipinski definition) is 6. The fourth-order valence-electron chi connectivity index (χ4n) is 3.98. The number of aromatic nitrogens is 1. The summed E-state index contributed by atoms with van der Waals surface area (Å²) in [6.07, 6.45) is 6.50. The van der Waals surface area contributed by atoms with Gasteiger partial charge in [0, 0.05) is 24.1 Å². The van der Waals surface area contributed by atoms with Crippen LogP contribution in [0.3, 0.4) is 0 Å². The Bertz CT molecular complexity index is 1110. The number of amides is 2. The zero-order valence-electron chi connectivity index (χ0n) is 18.3. The Hall–Kier alpha value is -3.29. The highest BCUT2D eigenvalue weighted by atomic mass is 16.4. The molecule has 2 aliphatic carbocycles. The predicted molar refractivity (Wildman–Crippen MR) is 121 cm³/mol. The van der Waals surface area contributed by atoms with Gasteiger partial charge in [-0.3, -0.25) is 9.59 Å². The Labute approximate surface area is 186 Å². The maximum Gasteiger partial charge on any atom is 0.288 e. The third-order valence-corrected chi connectivity index (χ3v) is 6.44. The number of benzene rings is 1. The minimum absolute atomic E-state index is 0.137. The summed E-state index contributed by atoms with van der Waals surface area (Å²) in [5.41, 5.74) is 2.73. The van der Waals surface area contributed by atoms with E-state index in [4.69, 9.17) is 4.42 Å². The first-order chi connectivity index (χ1) is 15.5. The van der Waals surface area contributed by atoms with E-state index < -0.39 is 0 Å². The molecule has 1 aromatic heterocycles. The van der Waals surface area contributed by atoms with Gasteiger partial charge in [0.15, 0.2) is 0 Å². The molecule has 8 heteroatoms. The maximum atomic E-state index is 12.5. The summed E-state index contributed by atoms with van der Waals surface area (Å²) in [5, 5.41) is 14.3. The molecule has 2 fully saturated rings. The molecular formula is C24H27N5O3. The number of oxazole rings is 1. The van der Waals surface area contributed by atoms with Crippen molar-refractivity contribution in [3.8, 4) is 11.5 Å². The van der Waals surface area contributed by atoms with E-state index in [9.17, 15) is 9.59 Å². The van der Waals surface area contributed by atoms with Gasteiger partial charge in [-0.05, 0) is 69.1 Å². The predicted octanol–water partition coefficient (Wildman–Crippen LogP) is 3.33. The highest BCUT2D eigenvalue weighted by Gasteiger charge is 2.31. The van der Waals surface area contributed by atoms with Crippen LogP contribution in [0.2, 0.25) is 0 Å². The molecule has 2 N–H and O–H groups in total. The highest BCUT2D eigenvalue weighted by molar-refractivity contribution is 6.44. The van der Waals surface area contributed by atoms with Crippen molar-refractivity contribution in [2.75, 3.05) is 0 Å². The normalized spacial score (nSPS) is 19.7. The molecule has 166 valence electrons. The number of nitrogens with one attached hydrogen (secondary N) is 2. The fourth-order valence-corrected chi connectivity index (χ4v) is 3.98. The van der Waals surface area contributed by atoms with Crippen molar-refractivity contribution in [3.05, 3.63) is 41.8 Å². The monoisotopic (exact) mass is 433 g/mol. The van der Waals surface area contributed by atoms with Crippen LogP contribution in [-0.2, 0) is 4.79 Å². The number of carbonyl (C=O) groups excluding carboxylic acids is 2. The van der Waals surface area contributed by atoms with Crippen LogP contribution >= 0.6 is 0 Å². The van der Waals surface area contributed by atoms with Crippen LogP contribution < -0.4 is 10.6 Å². The summed E-state index contributed by atoms with van der Waals surface area (Å²) < 4.78 is 5.73. The summed E-state index contributed by atoms with van der Waals surface area (Å²) in [7, 11) is 0. The summed E-state index contributed by atoms with van der Waals surface area (Å²) in [5.74, 6) is 1.32. The molecule has 2 heterocycles. The average Bonchev–Trinajstić information content (AvgIpc) is 3.72. The van der Waals surface area contributed by atoms with E-state index in [1.165, 1.54) is 19.0 Å². The molecule has 32 heavy (non-hydrogen) atoms. The number of hydrogen-bond donors (Lipinski definition) is 2. The van der Waals surface area contributed by atoms with Gasteiger partial charge in [-0.25, -0.2) is 4.98 Å². The van der Waals surface area contributed by atoms with Crippen molar-refractivity contribution in [2.45, 2.75) is 58.0 Å². The van der Waals surface area contributed by atoms with Gasteiger partial charge in [-0.2, -0.15) is 5.10 Å². The van der Waals surface area contributed by atoms with Gasteiger partial charge in [-0.15, -0.1) is 5.10 Å². The lowest BCUT2D eigenvalue weighted by Gasteiger charge is -2.12. The molecule has 0 bridgehead atoms. The van der Waals surface area contributed by atoms with E-state index in [2.05, 4.69) is 25.8 Å². The van der Waals surface area contributed by atoms with Crippen molar-refractivity contribution in [3.63, 3.8) is 0 Å². The zero-order valence-corrected chi connectivity index (χ0v) is 18.3. The molecule has 1 aliphatic heterocycles. The molecule has 2 amide bonds. The summed E-state index contributed by atoms with van der Waals surface area (Å²) in [6.45, 7) is 4.05. The van der Waals surface area contributed by atoms with E-state index in [0.717, 1.165) is 29.7 Å². The first kappa shape index (κ1) is 20.6. The molecule has 3 aliphatic rings. The SMILES string of the molecule is C[C@H](NC(=O)C1=NN=C(c2cccc(-c3ncc(C(=O)N[C@@H](C)C4CC4)o3)c2)C1)C1CC1. The fraction of sp³-hybridized carbons (Fsp3) is 0.458. The number of carbonyl (C=O) groups is 2. The van der Waals surface area contributed by atoms with E-state index in [1.54, 1.807) is 0 Å². The van der Waals surface area contributed by atoms with Crippen molar-refractivity contribution in [1.82, 2.24) is 15.6 Å². The van der Waals surface area contributed by atoms with Crippen LogP contribution in [0.1, 0.15) is 62.1 Å². The van der Waals surface area contributed by atoms with Crippen LogP contribution in [0.5, 0.6) is 0 Å². The maximum absolute atomic E-state index is 12.5. The smallest absolute Gasteiger partial charge is 0.288 e. The Balaban J connectivity index is 1.23. The van der Waals surface area contributed by atoms with E-state index >= 15 is 0 Å². The Kier molecular flexibility index (Phi) is 5.36. The average molecular weight is 434 g/mol. The quantitative estimate of drug-likeness (QED) is 0.665. The molecule has 2 aromatic rings. The molecule has 0 spiro atoms. The topological polar surface area (TPSA) is 109 Å². The van der Waals surface area contributed by atoms with E-state index in [-0.39, 0.29) is 29.7 Å². The van der Waals surface area contributed by atoms with E-state index in [0.29, 0.717) is 29.9 Å². The first-order valence-electron chi connectivity index (χ1n) is 11.3. The van der Waals surface area contributed by atoms with Crippen LogP contribution in [0.15, 0.2) is 45.1 Å². The molecule has 2 atom stereocenters. The van der Waals surface area contributed by atoms with Gasteiger partial charge in [0.25, 0.3) is 11.8 Å². The van der Waals surface area contributed by atoms with Crippen molar-refractivity contribution < 1.29 is 14.0 Å². The van der Waals surface area contributed by atoms with Crippen molar-refractivity contribution in [1.29, 1.82) is 0 Å². The lowest BCUT2D eigenvalue weighted by molar-refractivity contribution is -0.115. The van der Waals surface area contributed by atoms with Crippen molar-refractivity contribution >= 4 is 23.2 Å². The minimum Gasteiger partial charge on any atom is -0.431 e. The standard InChI is InChI=1S/C24H27N5O3/c1-13(15-6-7-15)26-22(30)20-11-19(28-29-20)17-4-3-5-18(10-17)24-25-12-21(32-24)23(31)27-14(2)16-8-9-16/h3-5,10,12-16H,6-9,11H2,1-2H3,(H,26,30)(H,27,31)/t13-,14-/m0/s1. The Morgan fingerprint density at radius 2 is 1.62 bits per heavy atom. The lowest BCUT2D eigenvalue weighted by Crippen LogP contribution is -2.38. The second-order valence-corrected chi connectivity index (χ2v) is 9.08. The molecule has 0 unspecified atom stereocenters. The van der Waals surface area contributed by atoms with Crippen molar-refractivity contribution in [2.24, 2.45) is 22.0 Å². The van der Waals surface area contributed by atoms with Gasteiger partial charge < -0.3 is 15.1 Å². The highest BCUT2D eigenvalue weighted by Crippen LogP contribution is 2.33. The summed E-state index contributed by atoms with van der Waals surface area (Å²) in [6, 6.07) is 7.85. The third-order valence-electron chi connectivity index (χ3n) is 6.44. The molecule has 5 rings (SSSR count). The van der Waals surface area contributed by atoms with Gasteiger partial charge in [0.1, 0.15) is 5.71 Å². The zero-order chi connectivity index (χ0) is 22.2. The molecule has 2 saturated carbocycles. The van der Waals surface area contributed by atoms with Crippen LogP contribution in [0.25, 0.3) is 11.5 Å². The number of nitrogens with zero attached hydrogens (tertiary/aromatic N) is 3. The first-order valence-corrected chi connectivity index (χ1v) is 11.3. The number of rotatable bonds is 8. The lowest BCUT2D eigenvalue weighted by atomic mass is 10.0. The van der Waals surface area contributed by atoms with Crippen LogP contribution in [-0.4, -0.2) is 40.3 Å². The van der Waals surface area contributed by atoms with Crippen LogP contribution in [0, 0.1) is 11.8 Å². The second-order valence-electron chi connectivity index (χ2n) is 9.08. The largest absolute Gasteiger partial charge is 0.431 e. The van der Waals surface area contributed by atoms with Gasteiger partial charge in [-0.1, -0.05) is 12.1 Å². The van der Waals surface area contributed by atoms with Gasteiger partial charge in [0.05, 0.1) is 11.9 Å². The Morgan fingerprint density at radius 1 is 0.969 bits per heavy atom. The summed E-state index contributed by atoms with van der Waals surface area (Å²) >= 11 is 0. The van der Waals surface area contributed by atoms with Gasteiger partial charge in [0.2, 0.25) is 11.7 Å². The molecule has 1 aromatic carbocycles. The Morgan fingerprint density at radius 3 is 2.31 bits per heavy atom. The molecule has 0 saturated heterocycles. The summed E-state index contributed by atoms with van der Waals surface area (Å²) in [4.78, 5) is 29.2. The minimum atomic E-state index is -0.246.